The number of para-hydroxylation sites is 1. The van der Waals surface area contributed by atoms with Crippen LogP contribution < -0.4 is 10.6 Å². The second-order valence-corrected chi connectivity index (χ2v) is 5.98. The van der Waals surface area contributed by atoms with Crippen molar-refractivity contribution in [3.63, 3.8) is 0 Å². The Morgan fingerprint density at radius 3 is 2.67 bits per heavy atom. The van der Waals surface area contributed by atoms with Gasteiger partial charge in [0.2, 0.25) is 5.95 Å². The predicted octanol–water partition coefficient (Wildman–Crippen LogP) is 4.01. The fourth-order valence-electron chi connectivity index (χ4n) is 2.25. The zero-order chi connectivity index (χ0) is 14.9. The van der Waals surface area contributed by atoms with Crippen LogP contribution in [0, 0.1) is 0 Å². The molecule has 1 aromatic heterocycles. The number of hydrogen-bond acceptors (Lipinski definition) is 5. The number of nitrogens with one attached hydrogen (secondary N) is 2. The van der Waals surface area contributed by atoms with Crippen molar-refractivity contribution >= 4 is 34.4 Å². The van der Waals surface area contributed by atoms with Gasteiger partial charge in [-0.15, -0.1) is 0 Å². The SMILES string of the molecule is CNc1nc(NCCCCCCSC)c2ccccc2n1. The van der Waals surface area contributed by atoms with Gasteiger partial charge < -0.3 is 10.6 Å². The second-order valence-electron chi connectivity index (χ2n) is 5.00. The highest BCUT2D eigenvalue weighted by Gasteiger charge is 2.05. The molecule has 0 radical (unpaired) electrons. The Bertz CT molecular complexity index is 559. The van der Waals surface area contributed by atoms with Crippen LogP contribution in [0.25, 0.3) is 10.9 Å². The normalized spacial score (nSPS) is 10.8. The van der Waals surface area contributed by atoms with Gasteiger partial charge in [-0.2, -0.15) is 16.7 Å². The fraction of sp³-hybridized carbons (Fsp3) is 0.500. The lowest BCUT2D eigenvalue weighted by molar-refractivity contribution is 0.688. The molecule has 0 aliphatic carbocycles. The van der Waals surface area contributed by atoms with E-state index in [9.17, 15) is 0 Å². The van der Waals surface area contributed by atoms with Gasteiger partial charge >= 0.3 is 0 Å². The van der Waals surface area contributed by atoms with Gasteiger partial charge in [-0.05, 0) is 37.0 Å². The summed E-state index contributed by atoms with van der Waals surface area (Å²) in [6.45, 7) is 0.962. The molecule has 2 rings (SSSR count). The lowest BCUT2D eigenvalue weighted by Crippen LogP contribution is -2.07. The van der Waals surface area contributed by atoms with E-state index in [1.165, 1.54) is 31.4 Å². The summed E-state index contributed by atoms with van der Waals surface area (Å²) in [7, 11) is 1.85. The van der Waals surface area contributed by atoms with Gasteiger partial charge in [0.05, 0.1) is 5.52 Å². The average Bonchev–Trinajstić information content (AvgIpc) is 2.53. The summed E-state index contributed by atoms with van der Waals surface area (Å²) in [6, 6.07) is 8.11. The van der Waals surface area contributed by atoms with Gasteiger partial charge in [0.25, 0.3) is 0 Å². The minimum Gasteiger partial charge on any atom is -0.369 e. The van der Waals surface area contributed by atoms with Crippen molar-refractivity contribution in [1.82, 2.24) is 9.97 Å². The minimum absolute atomic E-state index is 0.663. The summed E-state index contributed by atoms with van der Waals surface area (Å²) in [6.07, 6.45) is 7.26. The molecule has 5 heteroatoms. The smallest absolute Gasteiger partial charge is 0.224 e. The molecule has 0 atom stereocenters. The lowest BCUT2D eigenvalue weighted by atomic mass is 10.2. The quantitative estimate of drug-likeness (QED) is 0.686. The zero-order valence-electron chi connectivity index (χ0n) is 12.9. The molecule has 0 saturated heterocycles. The van der Waals surface area contributed by atoms with E-state index in [4.69, 9.17) is 0 Å². The number of unbranched alkanes of at least 4 members (excludes halogenated alkanes) is 3. The Labute approximate surface area is 131 Å². The largest absolute Gasteiger partial charge is 0.369 e. The topological polar surface area (TPSA) is 49.8 Å². The number of fused-ring (bicyclic) bond motifs is 1. The summed E-state index contributed by atoms with van der Waals surface area (Å²) < 4.78 is 0. The van der Waals surface area contributed by atoms with Gasteiger partial charge in [-0.1, -0.05) is 25.0 Å². The highest BCUT2D eigenvalue weighted by molar-refractivity contribution is 7.98. The Balaban J connectivity index is 1.91. The molecule has 114 valence electrons. The van der Waals surface area contributed by atoms with Gasteiger partial charge in [0.15, 0.2) is 0 Å². The molecule has 0 saturated carbocycles. The van der Waals surface area contributed by atoms with Gasteiger partial charge in [-0.3, -0.25) is 0 Å². The zero-order valence-corrected chi connectivity index (χ0v) is 13.7. The maximum Gasteiger partial charge on any atom is 0.224 e. The first-order valence-electron chi connectivity index (χ1n) is 7.52. The molecule has 1 heterocycles. The average molecular weight is 304 g/mol. The first kappa shape index (κ1) is 15.9. The van der Waals surface area contributed by atoms with Crippen molar-refractivity contribution in [3.8, 4) is 0 Å². The van der Waals surface area contributed by atoms with Gasteiger partial charge in [-0.25, -0.2) is 4.98 Å². The molecule has 0 bridgehead atoms. The van der Waals surface area contributed by atoms with Gasteiger partial charge in [0.1, 0.15) is 5.82 Å². The third kappa shape index (κ3) is 4.77. The molecule has 0 aliphatic rings. The number of hydrogen-bond donors (Lipinski definition) is 2. The molecule has 0 spiro atoms. The van der Waals surface area contributed by atoms with Crippen molar-refractivity contribution in [1.29, 1.82) is 0 Å². The Kier molecular flexibility index (Phi) is 6.60. The molecule has 2 aromatic rings. The maximum atomic E-state index is 4.53. The number of rotatable bonds is 9. The number of aromatic nitrogens is 2. The van der Waals surface area contributed by atoms with Crippen molar-refractivity contribution in [2.24, 2.45) is 0 Å². The summed E-state index contributed by atoms with van der Waals surface area (Å²) in [4.78, 5) is 9.00. The number of benzene rings is 1. The van der Waals surface area contributed by atoms with Crippen LogP contribution in [-0.4, -0.2) is 35.6 Å². The predicted molar refractivity (Wildman–Crippen MR) is 94.4 cm³/mol. The van der Waals surface area contributed by atoms with E-state index in [0.29, 0.717) is 5.95 Å². The van der Waals surface area contributed by atoms with Crippen molar-refractivity contribution in [2.75, 3.05) is 36.2 Å². The van der Waals surface area contributed by atoms with Crippen molar-refractivity contribution < 1.29 is 0 Å². The van der Waals surface area contributed by atoms with E-state index in [0.717, 1.165) is 23.3 Å². The maximum absolute atomic E-state index is 4.53. The van der Waals surface area contributed by atoms with Crippen LogP contribution in [0.5, 0.6) is 0 Å². The molecular weight excluding hydrogens is 280 g/mol. The van der Waals surface area contributed by atoms with Crippen LogP contribution in [0.1, 0.15) is 25.7 Å². The Morgan fingerprint density at radius 2 is 1.86 bits per heavy atom. The van der Waals surface area contributed by atoms with Gasteiger partial charge in [0, 0.05) is 19.0 Å². The third-order valence-electron chi connectivity index (χ3n) is 3.39. The van der Waals surface area contributed by atoms with E-state index in [1.54, 1.807) is 0 Å². The molecule has 0 unspecified atom stereocenters. The standard InChI is InChI=1S/C16H24N4S/c1-17-16-19-14-10-6-5-9-13(14)15(20-16)18-11-7-3-4-8-12-21-2/h5-6,9-10H,3-4,7-8,11-12H2,1-2H3,(H2,17,18,19,20). The lowest BCUT2D eigenvalue weighted by Gasteiger charge is -2.10. The van der Waals surface area contributed by atoms with Crippen LogP contribution in [-0.2, 0) is 0 Å². The van der Waals surface area contributed by atoms with Crippen LogP contribution >= 0.6 is 11.8 Å². The summed E-state index contributed by atoms with van der Waals surface area (Å²) in [5, 5.41) is 7.56. The first-order valence-corrected chi connectivity index (χ1v) is 8.92. The summed E-state index contributed by atoms with van der Waals surface area (Å²) in [5.74, 6) is 2.86. The number of nitrogens with zero attached hydrogens (tertiary/aromatic N) is 2. The molecule has 0 amide bonds. The van der Waals surface area contributed by atoms with E-state index >= 15 is 0 Å². The highest BCUT2D eigenvalue weighted by Crippen LogP contribution is 2.21. The number of thioether (sulfide) groups is 1. The molecule has 0 fully saturated rings. The molecular formula is C16H24N4S. The Hall–Kier alpha value is -1.49. The van der Waals surface area contributed by atoms with E-state index in [1.807, 2.05) is 37.0 Å². The van der Waals surface area contributed by atoms with Crippen LogP contribution in [0.2, 0.25) is 0 Å². The molecule has 2 N–H and O–H groups in total. The van der Waals surface area contributed by atoms with E-state index in [2.05, 4.69) is 32.9 Å². The Morgan fingerprint density at radius 1 is 1.05 bits per heavy atom. The first-order chi connectivity index (χ1) is 10.3. The third-order valence-corrected chi connectivity index (χ3v) is 4.09. The van der Waals surface area contributed by atoms with E-state index < -0.39 is 0 Å². The minimum atomic E-state index is 0.663. The van der Waals surface area contributed by atoms with Crippen molar-refractivity contribution in [3.05, 3.63) is 24.3 Å². The van der Waals surface area contributed by atoms with Crippen LogP contribution in [0.4, 0.5) is 11.8 Å². The summed E-state index contributed by atoms with van der Waals surface area (Å²) in [5.41, 5.74) is 0.972. The molecule has 0 aliphatic heterocycles. The molecule has 21 heavy (non-hydrogen) atoms. The molecule has 1 aromatic carbocycles. The number of anilines is 2. The fourth-order valence-corrected chi connectivity index (χ4v) is 2.75. The monoisotopic (exact) mass is 304 g/mol. The summed E-state index contributed by atoms with van der Waals surface area (Å²) >= 11 is 1.93. The van der Waals surface area contributed by atoms with E-state index in [-0.39, 0.29) is 0 Å². The molecule has 4 nitrogen and oxygen atoms in total. The van der Waals surface area contributed by atoms with Crippen molar-refractivity contribution in [2.45, 2.75) is 25.7 Å². The van der Waals surface area contributed by atoms with Crippen LogP contribution in [0.3, 0.4) is 0 Å². The highest BCUT2D eigenvalue weighted by atomic mass is 32.2. The van der Waals surface area contributed by atoms with Crippen LogP contribution in [0.15, 0.2) is 24.3 Å². The second kappa shape index (κ2) is 8.72.